The molecule has 1 spiro atoms. The number of amidine groups is 1. The van der Waals surface area contributed by atoms with E-state index in [1.54, 1.807) is 7.11 Å². The van der Waals surface area contributed by atoms with E-state index in [1.807, 2.05) is 36.1 Å². The third kappa shape index (κ3) is 3.90. The fourth-order valence-corrected chi connectivity index (χ4v) is 6.31. The topological polar surface area (TPSA) is 62.9 Å². The number of imidazole rings is 1. The molecule has 0 radical (unpaired) electrons. The average Bonchev–Trinajstić information content (AvgIpc) is 3.49. The molecule has 2 atom stereocenters. The first-order chi connectivity index (χ1) is 17.4. The van der Waals surface area contributed by atoms with E-state index in [4.69, 9.17) is 9.73 Å². The number of aromatic nitrogens is 2. The number of hydrogen-bond acceptors (Lipinski definition) is 5. The Bertz CT molecular complexity index is 1300. The summed E-state index contributed by atoms with van der Waals surface area (Å²) in [5, 5.41) is 10.8. The van der Waals surface area contributed by atoms with Crippen molar-refractivity contribution in [2.75, 3.05) is 26.8 Å². The van der Waals surface area contributed by atoms with Crippen LogP contribution in [0.15, 0.2) is 60.0 Å². The Kier molecular flexibility index (Phi) is 5.63. The Labute approximate surface area is 211 Å². The number of hydrogen-bond donors (Lipinski definition) is 1. The maximum atomic E-state index is 13.7. The summed E-state index contributed by atoms with van der Waals surface area (Å²) in [4.78, 5) is 11.8. The molecule has 36 heavy (non-hydrogen) atoms. The van der Waals surface area contributed by atoms with E-state index >= 15 is 0 Å². The van der Waals surface area contributed by atoms with Gasteiger partial charge in [-0.25, -0.2) is 9.37 Å². The minimum absolute atomic E-state index is 0.00665. The maximum Gasteiger partial charge on any atom is 0.143 e. The molecular formula is C29H33FN4O2. The van der Waals surface area contributed by atoms with Crippen molar-refractivity contribution >= 4 is 5.84 Å². The van der Waals surface area contributed by atoms with Gasteiger partial charge in [0.15, 0.2) is 0 Å². The number of benzene rings is 2. The lowest BCUT2D eigenvalue weighted by molar-refractivity contribution is 0.0319. The summed E-state index contributed by atoms with van der Waals surface area (Å²) in [7, 11) is 1.71. The van der Waals surface area contributed by atoms with Crippen LogP contribution in [0.3, 0.4) is 0 Å². The molecule has 6 rings (SSSR count). The molecule has 1 aromatic heterocycles. The summed E-state index contributed by atoms with van der Waals surface area (Å²) in [6, 6.07) is 13.1. The second-order valence-electron chi connectivity index (χ2n) is 10.8. The Morgan fingerprint density at radius 3 is 2.61 bits per heavy atom. The summed E-state index contributed by atoms with van der Waals surface area (Å²) in [6.45, 7) is 3.54. The summed E-state index contributed by atoms with van der Waals surface area (Å²) < 4.78 is 21.5. The molecule has 0 amide bonds. The number of aliphatic imine (C=N–C) groups is 1. The second kappa shape index (κ2) is 8.73. The molecule has 0 bridgehead atoms. The number of rotatable bonds is 6. The molecule has 1 saturated heterocycles. The van der Waals surface area contributed by atoms with Crippen molar-refractivity contribution in [3.05, 3.63) is 77.6 Å². The first-order valence-corrected chi connectivity index (χ1v) is 12.8. The van der Waals surface area contributed by atoms with Crippen molar-refractivity contribution in [1.29, 1.82) is 0 Å². The highest BCUT2D eigenvalue weighted by molar-refractivity contribution is 5.87. The Balaban J connectivity index is 1.33. The van der Waals surface area contributed by atoms with E-state index < -0.39 is 5.54 Å². The minimum Gasteiger partial charge on any atom is -0.495 e. The molecular weight excluding hydrogens is 455 g/mol. The molecule has 1 saturated carbocycles. The molecule has 1 N–H and O–H groups in total. The first kappa shape index (κ1) is 23.2. The lowest BCUT2D eigenvalue weighted by Gasteiger charge is -2.53. The maximum absolute atomic E-state index is 13.7. The third-order valence-electron chi connectivity index (χ3n) is 8.45. The summed E-state index contributed by atoms with van der Waals surface area (Å²) in [6.07, 6.45) is 8.92. The van der Waals surface area contributed by atoms with Crippen LogP contribution in [0.5, 0.6) is 5.75 Å². The van der Waals surface area contributed by atoms with Gasteiger partial charge in [0.25, 0.3) is 0 Å². The van der Waals surface area contributed by atoms with Crippen molar-refractivity contribution in [2.45, 2.75) is 44.6 Å². The minimum atomic E-state index is -0.556. The van der Waals surface area contributed by atoms with E-state index in [9.17, 15) is 9.50 Å². The molecule has 3 heterocycles. The van der Waals surface area contributed by atoms with Gasteiger partial charge in [-0.05, 0) is 79.8 Å². The number of aryl methyl sites for hydroxylation is 1. The molecule has 6 nitrogen and oxygen atoms in total. The lowest BCUT2D eigenvalue weighted by Crippen LogP contribution is -2.61. The molecule has 3 aromatic rings. The van der Waals surface area contributed by atoms with Crippen molar-refractivity contribution in [2.24, 2.45) is 16.3 Å². The standard InChI is InChI=1S/C29H33FN4O2/c1-20-16-33(19-32-20)25-8-3-21(14-26(25)36-2)13-22-15-28(9-10-28)17-34-27(22)31-12-11-29(34,18-35)23-4-6-24(30)7-5-23/h3-8,14,16,19,22,35H,9-13,15,17-18H2,1-2H3. The van der Waals surface area contributed by atoms with Gasteiger partial charge in [-0.1, -0.05) is 18.2 Å². The quantitative estimate of drug-likeness (QED) is 0.548. The molecule has 1 aliphatic carbocycles. The van der Waals surface area contributed by atoms with Crippen LogP contribution in [0, 0.1) is 24.1 Å². The van der Waals surface area contributed by atoms with E-state index in [0.717, 1.165) is 54.3 Å². The summed E-state index contributed by atoms with van der Waals surface area (Å²) in [5.74, 6) is 1.92. The van der Waals surface area contributed by atoms with Gasteiger partial charge in [0.05, 0.1) is 37.0 Å². The van der Waals surface area contributed by atoms with E-state index in [1.165, 1.54) is 30.5 Å². The van der Waals surface area contributed by atoms with Crippen LogP contribution in [0.2, 0.25) is 0 Å². The summed E-state index contributed by atoms with van der Waals surface area (Å²) in [5.41, 5.74) is 3.83. The highest BCUT2D eigenvalue weighted by atomic mass is 19.1. The van der Waals surface area contributed by atoms with Gasteiger partial charge in [0.2, 0.25) is 0 Å². The fraction of sp³-hybridized carbons (Fsp3) is 0.448. The number of aliphatic hydroxyl groups is 1. The van der Waals surface area contributed by atoms with Crippen LogP contribution in [0.25, 0.3) is 5.69 Å². The summed E-state index contributed by atoms with van der Waals surface area (Å²) >= 11 is 0. The first-order valence-electron chi connectivity index (χ1n) is 12.8. The van der Waals surface area contributed by atoms with E-state index in [-0.39, 0.29) is 23.8 Å². The van der Waals surface area contributed by atoms with Crippen molar-refractivity contribution in [3.63, 3.8) is 0 Å². The third-order valence-corrected chi connectivity index (χ3v) is 8.45. The smallest absolute Gasteiger partial charge is 0.143 e. The molecule has 2 aromatic carbocycles. The Hall–Kier alpha value is -3.19. The van der Waals surface area contributed by atoms with Gasteiger partial charge in [0.1, 0.15) is 17.4 Å². The Morgan fingerprint density at radius 1 is 1.14 bits per heavy atom. The highest BCUT2D eigenvalue weighted by Crippen LogP contribution is 2.57. The zero-order chi connectivity index (χ0) is 24.9. The molecule has 2 unspecified atom stereocenters. The van der Waals surface area contributed by atoms with Gasteiger partial charge >= 0.3 is 0 Å². The SMILES string of the molecule is COc1cc(CC2CC3(CC3)CN3C2=NCCC3(CO)c2ccc(F)cc2)ccc1-n1cnc(C)c1. The number of methoxy groups -OCH3 is 1. The van der Waals surface area contributed by atoms with Crippen LogP contribution in [0.1, 0.15) is 42.5 Å². The number of aliphatic hydroxyl groups excluding tert-OH is 1. The number of nitrogens with zero attached hydrogens (tertiary/aromatic N) is 4. The highest BCUT2D eigenvalue weighted by Gasteiger charge is 2.56. The van der Waals surface area contributed by atoms with Crippen LogP contribution in [0.4, 0.5) is 4.39 Å². The zero-order valence-corrected chi connectivity index (χ0v) is 21.0. The van der Waals surface area contributed by atoms with Gasteiger partial charge in [-0.3, -0.25) is 4.99 Å². The molecule has 2 aliphatic heterocycles. The van der Waals surface area contributed by atoms with Gasteiger partial charge in [0, 0.05) is 25.2 Å². The Morgan fingerprint density at radius 2 is 1.94 bits per heavy atom. The predicted molar refractivity (Wildman–Crippen MR) is 137 cm³/mol. The normalized spacial score (nSPS) is 24.4. The van der Waals surface area contributed by atoms with Crippen molar-refractivity contribution in [3.8, 4) is 11.4 Å². The second-order valence-corrected chi connectivity index (χ2v) is 10.8. The van der Waals surface area contributed by atoms with Gasteiger partial charge in [-0.2, -0.15) is 0 Å². The molecule has 188 valence electrons. The van der Waals surface area contributed by atoms with Crippen LogP contribution in [-0.4, -0.2) is 52.2 Å². The zero-order valence-electron chi connectivity index (χ0n) is 21.0. The van der Waals surface area contributed by atoms with Crippen LogP contribution >= 0.6 is 0 Å². The largest absolute Gasteiger partial charge is 0.495 e. The number of fused-ring (bicyclic) bond motifs is 1. The fourth-order valence-electron chi connectivity index (χ4n) is 6.31. The van der Waals surface area contributed by atoms with Gasteiger partial charge < -0.3 is 19.3 Å². The van der Waals surface area contributed by atoms with Gasteiger partial charge in [-0.15, -0.1) is 0 Å². The lowest BCUT2D eigenvalue weighted by atomic mass is 9.75. The monoisotopic (exact) mass is 488 g/mol. The number of piperidine rings is 1. The average molecular weight is 489 g/mol. The van der Waals surface area contributed by atoms with Crippen LogP contribution in [-0.2, 0) is 12.0 Å². The molecule has 3 aliphatic rings. The number of ether oxygens (including phenoxy) is 1. The van der Waals surface area contributed by atoms with E-state index in [2.05, 4.69) is 28.1 Å². The van der Waals surface area contributed by atoms with E-state index in [0.29, 0.717) is 6.54 Å². The molecule has 2 fully saturated rings. The molecule has 7 heteroatoms. The van der Waals surface area contributed by atoms with Crippen molar-refractivity contribution < 1.29 is 14.2 Å². The van der Waals surface area contributed by atoms with Crippen molar-refractivity contribution in [1.82, 2.24) is 14.5 Å². The number of halogens is 1. The predicted octanol–water partition coefficient (Wildman–Crippen LogP) is 4.66. The van der Waals surface area contributed by atoms with Crippen LogP contribution < -0.4 is 4.74 Å².